The van der Waals surface area contributed by atoms with E-state index in [9.17, 15) is 9.59 Å². The molecule has 1 atom stereocenters. The van der Waals surface area contributed by atoms with Crippen molar-refractivity contribution < 1.29 is 23.8 Å². The van der Waals surface area contributed by atoms with Gasteiger partial charge in [0.05, 0.1) is 13.7 Å². The van der Waals surface area contributed by atoms with E-state index in [2.05, 4.69) is 10.6 Å². The van der Waals surface area contributed by atoms with Crippen molar-refractivity contribution >= 4 is 12.0 Å². The van der Waals surface area contributed by atoms with Crippen LogP contribution in [0.2, 0.25) is 0 Å². The van der Waals surface area contributed by atoms with Crippen LogP contribution in [0.4, 0.5) is 4.79 Å². The van der Waals surface area contributed by atoms with Crippen LogP contribution in [0.25, 0.3) is 0 Å². The van der Waals surface area contributed by atoms with Crippen LogP contribution < -0.4 is 20.1 Å². The monoisotopic (exact) mass is 414 g/mol. The number of hydrogen-bond donors (Lipinski definition) is 2. The quantitative estimate of drug-likeness (QED) is 0.620. The highest BCUT2D eigenvalue weighted by molar-refractivity contribution is 5.85. The minimum Gasteiger partial charge on any atom is -0.493 e. The van der Waals surface area contributed by atoms with Crippen molar-refractivity contribution in [3.63, 3.8) is 0 Å². The fourth-order valence-corrected chi connectivity index (χ4v) is 2.82. The first kappa shape index (κ1) is 23.1. The highest BCUT2D eigenvalue weighted by atomic mass is 16.5. The summed E-state index contributed by atoms with van der Waals surface area (Å²) >= 11 is 0. The van der Waals surface area contributed by atoms with E-state index in [0.717, 1.165) is 11.1 Å². The van der Waals surface area contributed by atoms with Crippen LogP contribution in [0.15, 0.2) is 48.5 Å². The first-order valence-corrected chi connectivity index (χ1v) is 9.99. The molecule has 7 heteroatoms. The molecule has 0 aliphatic rings. The standard InChI is InChI=1S/C23H30N2O5/c1-5-29-19-12-11-18(13-20(19)28-4)14-24-22(26)21(16(2)3)25-23(27)30-15-17-9-7-6-8-10-17/h6-13,16,21H,5,14-15H2,1-4H3,(H,24,26)(H,25,27)/t21-/m0/s1. The number of ether oxygens (including phenoxy) is 3. The van der Waals surface area contributed by atoms with E-state index >= 15 is 0 Å². The Labute approximate surface area is 177 Å². The third-order valence-electron chi connectivity index (χ3n) is 4.43. The highest BCUT2D eigenvalue weighted by Gasteiger charge is 2.24. The van der Waals surface area contributed by atoms with Crippen molar-refractivity contribution in [1.82, 2.24) is 10.6 Å². The van der Waals surface area contributed by atoms with Crippen molar-refractivity contribution in [3.05, 3.63) is 59.7 Å². The smallest absolute Gasteiger partial charge is 0.408 e. The molecule has 162 valence electrons. The number of hydrogen-bond acceptors (Lipinski definition) is 5. The molecule has 0 aliphatic carbocycles. The van der Waals surface area contributed by atoms with Crippen molar-refractivity contribution in [2.45, 2.75) is 40.0 Å². The van der Waals surface area contributed by atoms with Gasteiger partial charge >= 0.3 is 6.09 Å². The first-order chi connectivity index (χ1) is 14.4. The van der Waals surface area contributed by atoms with Crippen molar-refractivity contribution in [2.24, 2.45) is 5.92 Å². The lowest BCUT2D eigenvalue weighted by atomic mass is 10.0. The van der Waals surface area contributed by atoms with Crippen LogP contribution in [0, 0.1) is 5.92 Å². The van der Waals surface area contributed by atoms with E-state index in [0.29, 0.717) is 24.7 Å². The minimum atomic E-state index is -0.710. The van der Waals surface area contributed by atoms with Gasteiger partial charge in [0.25, 0.3) is 0 Å². The Kier molecular flexibility index (Phi) is 9.00. The number of amides is 2. The molecule has 2 aromatic rings. The van der Waals surface area contributed by atoms with Crippen molar-refractivity contribution in [1.29, 1.82) is 0 Å². The van der Waals surface area contributed by atoms with Gasteiger partial charge in [-0.1, -0.05) is 50.2 Å². The van der Waals surface area contributed by atoms with Gasteiger partial charge in [-0.15, -0.1) is 0 Å². The van der Waals surface area contributed by atoms with Gasteiger partial charge in [-0.05, 0) is 36.1 Å². The summed E-state index contributed by atoms with van der Waals surface area (Å²) < 4.78 is 16.1. The molecule has 7 nitrogen and oxygen atoms in total. The summed E-state index contributed by atoms with van der Waals surface area (Å²) in [6.45, 7) is 6.60. The average molecular weight is 415 g/mol. The Balaban J connectivity index is 1.91. The zero-order valence-electron chi connectivity index (χ0n) is 17.9. The molecule has 0 spiro atoms. The number of nitrogens with one attached hydrogen (secondary N) is 2. The SMILES string of the molecule is CCOc1ccc(CNC(=O)[C@@H](NC(=O)OCc2ccccc2)C(C)C)cc1OC. The molecule has 2 N–H and O–H groups in total. The maximum Gasteiger partial charge on any atom is 0.408 e. The molecular formula is C23H30N2O5. The number of carbonyl (C=O) groups is 2. The molecule has 30 heavy (non-hydrogen) atoms. The van der Waals surface area contributed by atoms with Crippen LogP contribution in [-0.4, -0.2) is 31.8 Å². The predicted octanol–water partition coefficient (Wildman–Crippen LogP) is 3.66. The van der Waals surface area contributed by atoms with Crippen LogP contribution in [-0.2, 0) is 22.7 Å². The lowest BCUT2D eigenvalue weighted by Crippen LogP contribution is -2.49. The van der Waals surface area contributed by atoms with E-state index in [4.69, 9.17) is 14.2 Å². The molecule has 2 aromatic carbocycles. The second kappa shape index (κ2) is 11.7. The Morgan fingerprint density at radius 1 is 1.00 bits per heavy atom. The van der Waals surface area contributed by atoms with E-state index in [-0.39, 0.29) is 18.4 Å². The van der Waals surface area contributed by atoms with Gasteiger partial charge in [0.15, 0.2) is 11.5 Å². The van der Waals surface area contributed by atoms with Gasteiger partial charge in [-0.25, -0.2) is 4.79 Å². The van der Waals surface area contributed by atoms with Gasteiger partial charge in [0.2, 0.25) is 5.91 Å². The van der Waals surface area contributed by atoms with Gasteiger partial charge < -0.3 is 24.8 Å². The van der Waals surface area contributed by atoms with Crippen molar-refractivity contribution in [3.8, 4) is 11.5 Å². The summed E-state index contributed by atoms with van der Waals surface area (Å²) in [4.78, 5) is 24.8. The Morgan fingerprint density at radius 2 is 1.73 bits per heavy atom. The molecule has 0 unspecified atom stereocenters. The zero-order chi connectivity index (χ0) is 21.9. The van der Waals surface area contributed by atoms with E-state index in [1.165, 1.54) is 0 Å². The predicted molar refractivity (Wildman–Crippen MR) is 114 cm³/mol. The van der Waals surface area contributed by atoms with E-state index in [1.807, 2.05) is 69.3 Å². The molecule has 0 fully saturated rings. The van der Waals surface area contributed by atoms with Crippen LogP contribution in [0.3, 0.4) is 0 Å². The van der Waals surface area contributed by atoms with Crippen LogP contribution in [0.1, 0.15) is 31.9 Å². The lowest BCUT2D eigenvalue weighted by Gasteiger charge is -2.21. The summed E-state index contributed by atoms with van der Waals surface area (Å²) in [6.07, 6.45) is -0.629. The maximum atomic E-state index is 12.7. The van der Waals surface area contributed by atoms with Gasteiger partial charge in [0.1, 0.15) is 12.6 Å². The number of rotatable bonds is 10. The molecule has 2 rings (SSSR count). The van der Waals surface area contributed by atoms with E-state index in [1.54, 1.807) is 7.11 Å². The second-order valence-electron chi connectivity index (χ2n) is 7.06. The Hall–Kier alpha value is -3.22. The summed E-state index contributed by atoms with van der Waals surface area (Å²) in [5.74, 6) is 0.864. The highest BCUT2D eigenvalue weighted by Crippen LogP contribution is 2.28. The zero-order valence-corrected chi connectivity index (χ0v) is 17.9. The summed E-state index contributed by atoms with van der Waals surface area (Å²) in [6, 6.07) is 14.1. The largest absolute Gasteiger partial charge is 0.493 e. The number of methoxy groups -OCH3 is 1. The molecule has 2 amide bonds. The number of benzene rings is 2. The third kappa shape index (κ3) is 6.99. The second-order valence-corrected chi connectivity index (χ2v) is 7.06. The topological polar surface area (TPSA) is 85.9 Å². The maximum absolute atomic E-state index is 12.7. The van der Waals surface area contributed by atoms with E-state index < -0.39 is 12.1 Å². The first-order valence-electron chi connectivity index (χ1n) is 9.99. The Bertz CT molecular complexity index is 824. The number of carbonyl (C=O) groups excluding carboxylic acids is 2. The summed E-state index contributed by atoms with van der Waals surface area (Å²) in [7, 11) is 1.57. The van der Waals surface area contributed by atoms with Crippen molar-refractivity contribution in [2.75, 3.05) is 13.7 Å². The molecular weight excluding hydrogens is 384 g/mol. The molecule has 0 aromatic heterocycles. The average Bonchev–Trinajstić information content (AvgIpc) is 2.75. The molecule has 0 bridgehead atoms. The normalized spacial score (nSPS) is 11.5. The Morgan fingerprint density at radius 3 is 2.37 bits per heavy atom. The fourth-order valence-electron chi connectivity index (χ4n) is 2.82. The number of alkyl carbamates (subject to hydrolysis) is 1. The minimum absolute atomic E-state index is 0.107. The van der Waals surface area contributed by atoms with Crippen LogP contribution >= 0.6 is 0 Å². The van der Waals surface area contributed by atoms with Gasteiger partial charge in [0, 0.05) is 6.54 Å². The summed E-state index contributed by atoms with van der Waals surface area (Å²) in [5.41, 5.74) is 1.74. The fraction of sp³-hybridized carbons (Fsp3) is 0.391. The molecule has 0 heterocycles. The van der Waals surface area contributed by atoms with Crippen LogP contribution in [0.5, 0.6) is 11.5 Å². The van der Waals surface area contributed by atoms with Gasteiger partial charge in [-0.2, -0.15) is 0 Å². The molecule has 0 aliphatic heterocycles. The lowest BCUT2D eigenvalue weighted by molar-refractivity contribution is -0.124. The molecule has 0 radical (unpaired) electrons. The van der Waals surface area contributed by atoms with Gasteiger partial charge in [-0.3, -0.25) is 4.79 Å². The molecule has 0 saturated heterocycles. The molecule has 0 saturated carbocycles. The summed E-state index contributed by atoms with van der Waals surface area (Å²) in [5, 5.41) is 5.51. The third-order valence-corrected chi connectivity index (χ3v) is 4.43.